The lowest BCUT2D eigenvalue weighted by molar-refractivity contribution is 0.174. The first-order chi connectivity index (χ1) is 18.4. The molecule has 0 saturated heterocycles. The first kappa shape index (κ1) is 25.1. The highest BCUT2D eigenvalue weighted by molar-refractivity contribution is 8.04. The van der Waals surface area contributed by atoms with Crippen molar-refractivity contribution in [1.82, 2.24) is 14.9 Å². The van der Waals surface area contributed by atoms with Gasteiger partial charge in [-0.05, 0) is 78.4 Å². The summed E-state index contributed by atoms with van der Waals surface area (Å²) in [6.07, 6.45) is 1.89. The van der Waals surface area contributed by atoms with Crippen LogP contribution in [0.4, 0.5) is 4.39 Å². The number of fused-ring (bicyclic) bond motifs is 2. The number of benzene rings is 3. The van der Waals surface area contributed by atoms with E-state index >= 15 is 0 Å². The minimum absolute atomic E-state index is 0.0820. The monoisotopic (exact) mass is 588 g/mol. The summed E-state index contributed by atoms with van der Waals surface area (Å²) in [6, 6.07) is 13.6. The van der Waals surface area contributed by atoms with Crippen LogP contribution in [0.3, 0.4) is 0 Å². The fourth-order valence-corrected chi connectivity index (χ4v) is 5.39. The average molecular weight is 590 g/mol. The van der Waals surface area contributed by atoms with Crippen molar-refractivity contribution in [3.63, 3.8) is 0 Å². The summed E-state index contributed by atoms with van der Waals surface area (Å²) in [5.74, 6) is 1.76. The van der Waals surface area contributed by atoms with Crippen molar-refractivity contribution in [2.75, 3.05) is 6.79 Å². The van der Waals surface area contributed by atoms with Crippen molar-refractivity contribution in [2.45, 2.75) is 18.7 Å². The Hall–Kier alpha value is -3.24. The van der Waals surface area contributed by atoms with Crippen LogP contribution < -0.4 is 14.2 Å². The molecule has 2 aliphatic rings. The van der Waals surface area contributed by atoms with E-state index in [9.17, 15) is 4.39 Å². The van der Waals surface area contributed by atoms with E-state index in [1.165, 1.54) is 23.9 Å². The molecule has 0 N–H and O–H groups in total. The Morgan fingerprint density at radius 1 is 1.00 bits per heavy atom. The van der Waals surface area contributed by atoms with Crippen molar-refractivity contribution in [1.29, 1.82) is 0 Å². The highest BCUT2D eigenvalue weighted by Gasteiger charge is 2.27. The standard InChI is InChI=1S/C26H16Cl3FN4O3S/c1-13-6-15(3-4-17(13)27)35-11-24-31-32-26-34(24)33-25(16-9-20(30)19(29)10-18(16)28)23(38-26)8-14-2-5-21-22(7-14)37-12-36-21/h2-10H,11-12H2,1H3/b23-8-. The summed E-state index contributed by atoms with van der Waals surface area (Å²) in [6.45, 7) is 2.15. The topological polar surface area (TPSA) is 70.8 Å². The number of allylic oxidation sites excluding steroid dienone is 1. The molecule has 6 rings (SSSR count). The van der Waals surface area contributed by atoms with Gasteiger partial charge in [0, 0.05) is 15.5 Å². The molecule has 1 aromatic heterocycles. The molecule has 0 unspecified atom stereocenters. The second-order valence-electron chi connectivity index (χ2n) is 8.33. The molecule has 3 heterocycles. The maximum Gasteiger partial charge on any atom is 0.231 e. The zero-order chi connectivity index (χ0) is 26.4. The van der Waals surface area contributed by atoms with E-state index in [0.29, 0.717) is 49.4 Å². The maximum absolute atomic E-state index is 14.5. The van der Waals surface area contributed by atoms with Gasteiger partial charge in [-0.25, -0.2) is 4.39 Å². The normalized spacial score (nSPS) is 15.0. The lowest BCUT2D eigenvalue weighted by atomic mass is 10.1. The fraction of sp³-hybridized carbons (Fsp3) is 0.115. The second-order valence-corrected chi connectivity index (χ2v) is 10.6. The van der Waals surface area contributed by atoms with E-state index in [-0.39, 0.29) is 23.4 Å². The lowest BCUT2D eigenvalue weighted by Crippen LogP contribution is -2.15. The molecule has 0 aliphatic carbocycles. The molecule has 2 aliphatic heterocycles. The summed E-state index contributed by atoms with van der Waals surface area (Å²) in [7, 11) is 0. The Kier molecular flexibility index (Phi) is 6.69. The van der Waals surface area contributed by atoms with E-state index in [1.807, 2.05) is 37.3 Å². The molecular formula is C26H16Cl3FN4O3S. The molecule has 0 radical (unpaired) electrons. The largest absolute Gasteiger partial charge is 0.486 e. The molecule has 192 valence electrons. The van der Waals surface area contributed by atoms with E-state index in [1.54, 1.807) is 16.8 Å². The number of aryl methyl sites for hydroxylation is 1. The van der Waals surface area contributed by atoms with Gasteiger partial charge in [0.1, 0.15) is 23.9 Å². The van der Waals surface area contributed by atoms with Crippen LogP contribution in [0.5, 0.6) is 17.2 Å². The Labute approximate surface area is 235 Å². The van der Waals surface area contributed by atoms with Gasteiger partial charge < -0.3 is 14.2 Å². The minimum atomic E-state index is -0.614. The third kappa shape index (κ3) is 4.82. The van der Waals surface area contributed by atoms with Crippen molar-refractivity contribution in [2.24, 2.45) is 5.10 Å². The van der Waals surface area contributed by atoms with Crippen LogP contribution in [0, 0.1) is 12.7 Å². The average Bonchev–Trinajstić information content (AvgIpc) is 3.53. The number of ether oxygens (including phenoxy) is 3. The van der Waals surface area contributed by atoms with Crippen molar-refractivity contribution >= 4 is 58.4 Å². The number of rotatable bonds is 5. The molecule has 0 saturated carbocycles. The number of halogens is 4. The van der Waals surface area contributed by atoms with Gasteiger partial charge in [0.2, 0.25) is 11.9 Å². The summed E-state index contributed by atoms with van der Waals surface area (Å²) in [5, 5.41) is 14.6. The van der Waals surface area contributed by atoms with Crippen LogP contribution in [0.2, 0.25) is 15.1 Å². The van der Waals surface area contributed by atoms with E-state index in [2.05, 4.69) is 10.2 Å². The van der Waals surface area contributed by atoms with Crippen LogP contribution in [-0.4, -0.2) is 27.4 Å². The lowest BCUT2D eigenvalue weighted by Gasteiger charge is -2.18. The molecule has 38 heavy (non-hydrogen) atoms. The smallest absolute Gasteiger partial charge is 0.231 e. The highest BCUT2D eigenvalue weighted by Crippen LogP contribution is 2.39. The van der Waals surface area contributed by atoms with E-state index in [0.717, 1.165) is 11.1 Å². The van der Waals surface area contributed by atoms with Crippen molar-refractivity contribution in [3.05, 3.63) is 96.8 Å². The summed E-state index contributed by atoms with van der Waals surface area (Å²) < 4.78 is 32.9. The van der Waals surface area contributed by atoms with Gasteiger partial charge in [-0.2, -0.15) is 9.78 Å². The fourth-order valence-electron chi connectivity index (χ4n) is 3.84. The Bertz CT molecular complexity index is 1660. The summed E-state index contributed by atoms with van der Waals surface area (Å²) in [5.41, 5.74) is 2.50. The maximum atomic E-state index is 14.5. The van der Waals surface area contributed by atoms with Gasteiger partial charge in [-0.15, -0.1) is 10.2 Å². The number of aromatic nitrogens is 3. The Morgan fingerprint density at radius 2 is 1.84 bits per heavy atom. The van der Waals surface area contributed by atoms with E-state index < -0.39 is 5.82 Å². The number of thioether (sulfide) groups is 1. The molecule has 0 atom stereocenters. The molecule has 12 heteroatoms. The zero-order valence-electron chi connectivity index (χ0n) is 19.5. The molecular weight excluding hydrogens is 574 g/mol. The van der Waals surface area contributed by atoms with Crippen LogP contribution >= 0.6 is 46.6 Å². The second kappa shape index (κ2) is 10.1. The van der Waals surface area contributed by atoms with Crippen LogP contribution in [0.1, 0.15) is 22.5 Å². The minimum Gasteiger partial charge on any atom is -0.486 e. The van der Waals surface area contributed by atoms with Gasteiger partial charge in [0.25, 0.3) is 0 Å². The van der Waals surface area contributed by atoms with Gasteiger partial charge in [0.05, 0.1) is 10.0 Å². The third-order valence-electron chi connectivity index (χ3n) is 5.77. The van der Waals surface area contributed by atoms with Crippen LogP contribution in [-0.2, 0) is 6.61 Å². The predicted molar refractivity (Wildman–Crippen MR) is 145 cm³/mol. The highest BCUT2D eigenvalue weighted by atomic mass is 35.5. The molecule has 0 amide bonds. The van der Waals surface area contributed by atoms with Crippen molar-refractivity contribution < 1.29 is 18.6 Å². The van der Waals surface area contributed by atoms with Crippen molar-refractivity contribution in [3.8, 4) is 17.2 Å². The molecule has 0 spiro atoms. The molecule has 7 nitrogen and oxygen atoms in total. The van der Waals surface area contributed by atoms with E-state index in [4.69, 9.17) is 54.1 Å². The molecule has 0 fully saturated rings. The summed E-state index contributed by atoms with van der Waals surface area (Å²) >= 11 is 19.9. The zero-order valence-corrected chi connectivity index (χ0v) is 22.6. The molecule has 0 bridgehead atoms. The van der Waals surface area contributed by atoms with Crippen LogP contribution in [0.25, 0.3) is 6.08 Å². The number of hydrogen-bond acceptors (Lipinski definition) is 7. The predicted octanol–water partition coefficient (Wildman–Crippen LogP) is 7.39. The quantitative estimate of drug-likeness (QED) is 0.226. The Balaban J connectivity index is 1.40. The Morgan fingerprint density at radius 3 is 2.68 bits per heavy atom. The van der Waals surface area contributed by atoms with Crippen LogP contribution in [0.15, 0.2) is 63.7 Å². The van der Waals surface area contributed by atoms with Gasteiger partial charge in [0.15, 0.2) is 17.3 Å². The first-order valence-electron chi connectivity index (χ1n) is 11.2. The molecule has 3 aromatic carbocycles. The first-order valence-corrected chi connectivity index (χ1v) is 13.2. The van der Waals surface area contributed by atoms with Gasteiger partial charge in [-0.3, -0.25) is 0 Å². The number of hydrogen-bond donors (Lipinski definition) is 0. The van der Waals surface area contributed by atoms with Gasteiger partial charge >= 0.3 is 0 Å². The van der Waals surface area contributed by atoms with Gasteiger partial charge in [-0.1, -0.05) is 40.9 Å². The molecule has 4 aromatic rings. The number of nitrogens with zero attached hydrogens (tertiary/aromatic N) is 4. The SMILES string of the molecule is Cc1cc(OCc2nnc3n2N=C(c2cc(F)c(Cl)cc2Cl)/C(=C/c2ccc4c(c2)OCO4)S3)ccc1Cl. The third-order valence-corrected chi connectivity index (χ3v) is 7.76. The summed E-state index contributed by atoms with van der Waals surface area (Å²) in [4.78, 5) is 0.674.